The number of aliphatic hydroxyl groups excluding tert-OH is 1. The van der Waals surface area contributed by atoms with Gasteiger partial charge in [-0.25, -0.2) is 0 Å². The van der Waals surface area contributed by atoms with Crippen LogP contribution in [0.15, 0.2) is 12.2 Å². The Kier molecular flexibility index (Phi) is 7.81. The van der Waals surface area contributed by atoms with Gasteiger partial charge in [0.25, 0.3) is 0 Å². The molecule has 0 aliphatic rings. The fraction of sp³-hybridized carbons (Fsp3) is 0.833. The Morgan fingerprint density at radius 1 is 1.36 bits per heavy atom. The van der Waals surface area contributed by atoms with E-state index < -0.39 is 0 Å². The highest BCUT2D eigenvalue weighted by Crippen LogP contribution is 2.19. The van der Waals surface area contributed by atoms with E-state index in [2.05, 4.69) is 20.8 Å². The molecule has 14 heavy (non-hydrogen) atoms. The minimum Gasteiger partial charge on any atom is -0.392 e. The van der Waals surface area contributed by atoms with Crippen LogP contribution in [0.25, 0.3) is 0 Å². The second-order valence-corrected chi connectivity index (χ2v) is 3.99. The van der Waals surface area contributed by atoms with Crippen LogP contribution >= 0.6 is 0 Å². The highest BCUT2D eigenvalue weighted by atomic mass is 16.5. The molecule has 0 bridgehead atoms. The lowest BCUT2D eigenvalue weighted by atomic mass is 9.93. The number of hydrogen-bond donors (Lipinski definition) is 1. The van der Waals surface area contributed by atoms with Crippen LogP contribution in [0.3, 0.4) is 0 Å². The van der Waals surface area contributed by atoms with Gasteiger partial charge in [0.1, 0.15) is 0 Å². The molecule has 0 aliphatic heterocycles. The maximum atomic E-state index is 8.67. The number of hydrogen-bond acceptors (Lipinski definition) is 2. The van der Waals surface area contributed by atoms with Gasteiger partial charge in [-0.05, 0) is 12.3 Å². The van der Waals surface area contributed by atoms with Crippen LogP contribution in [0.5, 0.6) is 0 Å². The summed E-state index contributed by atoms with van der Waals surface area (Å²) in [6, 6.07) is 0. The minimum atomic E-state index is 0.115. The van der Waals surface area contributed by atoms with Crippen molar-refractivity contribution in [3.05, 3.63) is 12.2 Å². The van der Waals surface area contributed by atoms with E-state index in [0.29, 0.717) is 11.8 Å². The summed E-state index contributed by atoms with van der Waals surface area (Å²) >= 11 is 0. The SMILES string of the molecule is CCC(C)CC(OC)C(C)C=CCO. The Bertz CT molecular complexity index is 154. The monoisotopic (exact) mass is 200 g/mol. The van der Waals surface area contributed by atoms with Crippen molar-refractivity contribution in [2.45, 2.75) is 39.7 Å². The van der Waals surface area contributed by atoms with Crippen LogP contribution in [0.1, 0.15) is 33.6 Å². The zero-order chi connectivity index (χ0) is 11.0. The van der Waals surface area contributed by atoms with Gasteiger partial charge in [-0.2, -0.15) is 0 Å². The van der Waals surface area contributed by atoms with E-state index in [-0.39, 0.29) is 12.7 Å². The molecule has 0 aliphatic carbocycles. The van der Waals surface area contributed by atoms with Gasteiger partial charge in [-0.15, -0.1) is 0 Å². The number of ether oxygens (including phenoxy) is 1. The van der Waals surface area contributed by atoms with E-state index in [1.807, 2.05) is 6.08 Å². The first kappa shape index (κ1) is 13.7. The molecule has 0 saturated carbocycles. The molecule has 0 saturated heterocycles. The second-order valence-electron chi connectivity index (χ2n) is 3.99. The van der Waals surface area contributed by atoms with Crippen molar-refractivity contribution < 1.29 is 9.84 Å². The topological polar surface area (TPSA) is 29.5 Å². The normalized spacial score (nSPS) is 18.4. The van der Waals surface area contributed by atoms with Gasteiger partial charge in [0.2, 0.25) is 0 Å². The zero-order valence-corrected chi connectivity index (χ0v) is 9.86. The molecule has 0 aromatic heterocycles. The molecule has 84 valence electrons. The van der Waals surface area contributed by atoms with Gasteiger partial charge in [0, 0.05) is 13.0 Å². The third-order valence-electron chi connectivity index (χ3n) is 2.77. The molecule has 0 heterocycles. The Labute approximate surface area is 88.0 Å². The first-order chi connectivity index (χ1) is 6.65. The molecule has 0 aromatic carbocycles. The van der Waals surface area contributed by atoms with Crippen molar-refractivity contribution in [1.82, 2.24) is 0 Å². The lowest BCUT2D eigenvalue weighted by Gasteiger charge is -2.22. The van der Waals surface area contributed by atoms with Gasteiger partial charge in [-0.1, -0.05) is 39.3 Å². The lowest BCUT2D eigenvalue weighted by molar-refractivity contribution is 0.0546. The van der Waals surface area contributed by atoms with Crippen LogP contribution in [0.4, 0.5) is 0 Å². The molecule has 3 unspecified atom stereocenters. The number of aliphatic hydroxyl groups is 1. The van der Waals surface area contributed by atoms with E-state index in [4.69, 9.17) is 9.84 Å². The summed E-state index contributed by atoms with van der Waals surface area (Å²) in [6.07, 6.45) is 6.36. The smallest absolute Gasteiger partial charge is 0.0633 e. The highest BCUT2D eigenvalue weighted by molar-refractivity contribution is 4.90. The van der Waals surface area contributed by atoms with Crippen molar-refractivity contribution >= 4 is 0 Å². The third-order valence-corrected chi connectivity index (χ3v) is 2.77. The summed E-state index contributed by atoms with van der Waals surface area (Å²) < 4.78 is 5.45. The Hall–Kier alpha value is -0.340. The average molecular weight is 200 g/mol. The molecular formula is C12H24O2. The second kappa shape index (κ2) is 8.01. The Balaban J connectivity index is 4.04. The molecular weight excluding hydrogens is 176 g/mol. The molecule has 0 spiro atoms. The zero-order valence-electron chi connectivity index (χ0n) is 9.86. The summed E-state index contributed by atoms with van der Waals surface area (Å²) in [5.41, 5.74) is 0. The predicted molar refractivity (Wildman–Crippen MR) is 60.3 cm³/mol. The van der Waals surface area contributed by atoms with Gasteiger partial charge in [-0.3, -0.25) is 0 Å². The number of methoxy groups -OCH3 is 1. The fourth-order valence-electron chi connectivity index (χ4n) is 1.49. The van der Waals surface area contributed by atoms with E-state index in [9.17, 15) is 0 Å². The molecule has 3 atom stereocenters. The van der Waals surface area contributed by atoms with Crippen molar-refractivity contribution in [1.29, 1.82) is 0 Å². The van der Waals surface area contributed by atoms with Gasteiger partial charge >= 0.3 is 0 Å². The molecule has 2 heteroatoms. The van der Waals surface area contributed by atoms with Crippen LogP contribution in [0.2, 0.25) is 0 Å². The lowest BCUT2D eigenvalue weighted by Crippen LogP contribution is -2.21. The molecule has 0 rings (SSSR count). The van der Waals surface area contributed by atoms with Crippen LogP contribution in [-0.2, 0) is 4.74 Å². The maximum Gasteiger partial charge on any atom is 0.0633 e. The largest absolute Gasteiger partial charge is 0.392 e. The first-order valence-electron chi connectivity index (χ1n) is 5.45. The highest BCUT2D eigenvalue weighted by Gasteiger charge is 2.16. The third kappa shape index (κ3) is 5.40. The molecule has 0 amide bonds. The van der Waals surface area contributed by atoms with E-state index in [1.54, 1.807) is 13.2 Å². The summed E-state index contributed by atoms with van der Waals surface area (Å²) in [6.45, 7) is 6.69. The summed E-state index contributed by atoms with van der Waals surface area (Å²) in [7, 11) is 1.76. The maximum absolute atomic E-state index is 8.67. The molecule has 0 fully saturated rings. The Morgan fingerprint density at radius 3 is 2.43 bits per heavy atom. The molecule has 1 N–H and O–H groups in total. The van der Waals surface area contributed by atoms with Crippen molar-refractivity contribution in [3.63, 3.8) is 0 Å². The van der Waals surface area contributed by atoms with Gasteiger partial charge < -0.3 is 9.84 Å². The summed E-state index contributed by atoms with van der Waals surface area (Å²) in [5.74, 6) is 1.08. The first-order valence-corrected chi connectivity index (χ1v) is 5.45. The van der Waals surface area contributed by atoms with Gasteiger partial charge in [0.05, 0.1) is 12.7 Å². The van der Waals surface area contributed by atoms with Crippen LogP contribution in [-0.4, -0.2) is 24.9 Å². The summed E-state index contributed by atoms with van der Waals surface area (Å²) in [4.78, 5) is 0. The minimum absolute atomic E-state index is 0.115. The molecule has 0 aromatic rings. The van der Waals surface area contributed by atoms with Crippen molar-refractivity contribution in [3.8, 4) is 0 Å². The van der Waals surface area contributed by atoms with Crippen molar-refractivity contribution in [2.75, 3.05) is 13.7 Å². The standard InChI is InChI=1S/C12H24O2/c1-5-10(2)9-12(14-4)11(3)7-6-8-13/h6-7,10-13H,5,8-9H2,1-4H3. The summed E-state index contributed by atoms with van der Waals surface area (Å²) in [5, 5.41) is 8.67. The van der Waals surface area contributed by atoms with Gasteiger partial charge in [0.15, 0.2) is 0 Å². The Morgan fingerprint density at radius 2 is 2.00 bits per heavy atom. The predicted octanol–water partition coefficient (Wildman–Crippen LogP) is 2.62. The van der Waals surface area contributed by atoms with E-state index in [1.165, 1.54) is 6.42 Å². The van der Waals surface area contributed by atoms with Crippen LogP contribution in [0, 0.1) is 11.8 Å². The van der Waals surface area contributed by atoms with Crippen LogP contribution < -0.4 is 0 Å². The molecule has 2 nitrogen and oxygen atoms in total. The fourth-order valence-corrected chi connectivity index (χ4v) is 1.49. The number of rotatable bonds is 7. The average Bonchev–Trinajstić information content (AvgIpc) is 2.21. The molecule has 0 radical (unpaired) electrons. The van der Waals surface area contributed by atoms with E-state index in [0.717, 1.165) is 6.42 Å². The van der Waals surface area contributed by atoms with Crippen molar-refractivity contribution in [2.24, 2.45) is 11.8 Å². The van der Waals surface area contributed by atoms with E-state index >= 15 is 0 Å². The quantitative estimate of drug-likeness (QED) is 0.640.